The van der Waals surface area contributed by atoms with Crippen LogP contribution >= 0.6 is 15.9 Å². The second-order valence-electron chi connectivity index (χ2n) is 1.60. The minimum atomic E-state index is -0.0278. The third-order valence-electron chi connectivity index (χ3n) is 0.815. The van der Waals surface area contributed by atoms with Gasteiger partial charge in [-0.15, -0.1) is 6.58 Å². The molecule has 0 amide bonds. The molecule has 1 nitrogen and oxygen atoms in total. The molecule has 0 heterocycles. The topological polar surface area (TPSA) is 17.1 Å². The minimum Gasteiger partial charge on any atom is -0.299 e. The van der Waals surface area contributed by atoms with Gasteiger partial charge in [-0.1, -0.05) is 22.0 Å². The third-order valence-corrected chi connectivity index (χ3v) is 1.83. The number of hydrogen-bond acceptors (Lipinski definition) is 1. The zero-order valence-corrected chi connectivity index (χ0v) is 6.44. The zero-order chi connectivity index (χ0) is 6.57. The van der Waals surface area contributed by atoms with Crippen LogP contribution in [0.1, 0.15) is 13.3 Å². The Morgan fingerprint density at radius 3 is 2.62 bits per heavy atom. The van der Waals surface area contributed by atoms with Gasteiger partial charge in [0.25, 0.3) is 0 Å². The summed E-state index contributed by atoms with van der Waals surface area (Å²) in [5.41, 5.74) is 0. The molecule has 2 heteroatoms. The number of ketones is 1. The summed E-state index contributed by atoms with van der Waals surface area (Å²) < 4.78 is 0. The van der Waals surface area contributed by atoms with Crippen LogP contribution in [-0.2, 0) is 4.79 Å². The van der Waals surface area contributed by atoms with E-state index in [1.165, 1.54) is 0 Å². The molecule has 0 saturated heterocycles. The first-order valence-corrected chi connectivity index (χ1v) is 3.35. The number of allylic oxidation sites excluding steroid dienone is 1. The monoisotopic (exact) mass is 176 g/mol. The molecule has 1 unspecified atom stereocenters. The maximum Gasteiger partial charge on any atom is 0.143 e. The maximum atomic E-state index is 10.4. The number of halogens is 1. The zero-order valence-electron chi connectivity index (χ0n) is 4.86. The average Bonchev–Trinajstić information content (AvgIpc) is 1.67. The van der Waals surface area contributed by atoms with Crippen molar-refractivity contribution in [3.8, 4) is 0 Å². The lowest BCUT2D eigenvalue weighted by atomic mass is 10.2. The van der Waals surface area contributed by atoms with Crippen LogP contribution in [0, 0.1) is 0 Å². The number of rotatable bonds is 3. The van der Waals surface area contributed by atoms with Gasteiger partial charge in [0.05, 0.1) is 4.83 Å². The molecule has 0 saturated carbocycles. The van der Waals surface area contributed by atoms with Crippen LogP contribution in [0.4, 0.5) is 0 Å². The highest BCUT2D eigenvalue weighted by molar-refractivity contribution is 9.10. The van der Waals surface area contributed by atoms with Gasteiger partial charge >= 0.3 is 0 Å². The Hall–Kier alpha value is -0.110. The van der Waals surface area contributed by atoms with Gasteiger partial charge in [-0.25, -0.2) is 0 Å². The summed E-state index contributed by atoms with van der Waals surface area (Å²) in [6.07, 6.45) is 2.44. The van der Waals surface area contributed by atoms with Crippen LogP contribution in [0.5, 0.6) is 0 Å². The fraction of sp³-hybridized carbons (Fsp3) is 0.500. The van der Waals surface area contributed by atoms with E-state index in [4.69, 9.17) is 0 Å². The van der Waals surface area contributed by atoms with E-state index in [-0.39, 0.29) is 10.6 Å². The van der Waals surface area contributed by atoms with Crippen molar-refractivity contribution in [3.63, 3.8) is 0 Å². The molecule has 8 heavy (non-hydrogen) atoms. The highest BCUT2D eigenvalue weighted by atomic mass is 79.9. The molecule has 0 fully saturated rings. The number of Topliss-reactive ketones (excluding diaryl/α,β-unsaturated/α-hetero) is 1. The number of carbonyl (C=O) groups is 1. The summed E-state index contributed by atoms with van der Waals surface area (Å²) in [5, 5.41) is 0. The number of hydrogen-bond donors (Lipinski definition) is 0. The molecule has 0 aliphatic rings. The summed E-state index contributed by atoms with van der Waals surface area (Å²) in [6.45, 7) is 5.06. The van der Waals surface area contributed by atoms with Crippen molar-refractivity contribution in [1.82, 2.24) is 0 Å². The predicted octanol–water partition coefficient (Wildman–Crippen LogP) is 1.92. The Balaban J connectivity index is 3.46. The Bertz CT molecular complexity index is 98.7. The van der Waals surface area contributed by atoms with Crippen molar-refractivity contribution in [2.45, 2.75) is 18.2 Å². The summed E-state index contributed by atoms with van der Waals surface area (Å²) in [7, 11) is 0. The molecule has 0 aromatic heterocycles. The molecule has 0 aliphatic heterocycles. The number of carbonyl (C=O) groups excluding carboxylic acids is 1. The Morgan fingerprint density at radius 2 is 2.50 bits per heavy atom. The lowest BCUT2D eigenvalue weighted by Crippen LogP contribution is -2.06. The maximum absolute atomic E-state index is 10.4. The second kappa shape index (κ2) is 3.84. The van der Waals surface area contributed by atoms with Crippen LogP contribution in [0.25, 0.3) is 0 Å². The van der Waals surface area contributed by atoms with E-state index in [1.807, 2.05) is 0 Å². The lowest BCUT2D eigenvalue weighted by molar-refractivity contribution is -0.116. The molecule has 0 aromatic carbocycles. The second-order valence-corrected chi connectivity index (χ2v) is 2.71. The molecule has 0 bridgehead atoms. The van der Waals surface area contributed by atoms with E-state index in [0.717, 1.165) is 6.42 Å². The Kier molecular flexibility index (Phi) is 3.79. The van der Waals surface area contributed by atoms with Gasteiger partial charge in [0.2, 0.25) is 0 Å². The minimum absolute atomic E-state index is 0.0278. The molecule has 0 spiro atoms. The van der Waals surface area contributed by atoms with Crippen LogP contribution in [0.15, 0.2) is 12.7 Å². The standard InChI is InChI=1S/C6H9BrO/c1-3-4-6(7)5(2)8/h3,6H,1,4H2,2H3. The normalized spacial score (nSPS) is 12.8. The van der Waals surface area contributed by atoms with Crippen molar-refractivity contribution in [1.29, 1.82) is 0 Å². The van der Waals surface area contributed by atoms with E-state index in [2.05, 4.69) is 22.5 Å². The fourth-order valence-electron chi connectivity index (χ4n) is 0.312. The summed E-state index contributed by atoms with van der Waals surface area (Å²) in [6, 6.07) is 0. The molecule has 0 N–H and O–H groups in total. The first-order valence-electron chi connectivity index (χ1n) is 2.44. The van der Waals surface area contributed by atoms with Gasteiger partial charge in [0.15, 0.2) is 0 Å². The largest absolute Gasteiger partial charge is 0.299 e. The van der Waals surface area contributed by atoms with Gasteiger partial charge in [-0.3, -0.25) is 4.79 Å². The lowest BCUT2D eigenvalue weighted by Gasteiger charge is -1.97. The van der Waals surface area contributed by atoms with Crippen LogP contribution in [0.3, 0.4) is 0 Å². The molecule has 1 atom stereocenters. The molecular formula is C6H9BrO. The van der Waals surface area contributed by atoms with Gasteiger partial charge in [-0.2, -0.15) is 0 Å². The third kappa shape index (κ3) is 2.97. The van der Waals surface area contributed by atoms with E-state index >= 15 is 0 Å². The Labute approximate surface area is 57.9 Å². The van der Waals surface area contributed by atoms with E-state index in [0.29, 0.717) is 0 Å². The summed E-state index contributed by atoms with van der Waals surface area (Å²) >= 11 is 3.18. The fourth-order valence-corrected chi connectivity index (χ4v) is 0.577. The molecule has 0 radical (unpaired) electrons. The van der Waals surface area contributed by atoms with Crippen LogP contribution in [-0.4, -0.2) is 10.6 Å². The van der Waals surface area contributed by atoms with Gasteiger partial charge in [0, 0.05) is 0 Å². The van der Waals surface area contributed by atoms with E-state index < -0.39 is 0 Å². The first-order chi connectivity index (χ1) is 3.68. The van der Waals surface area contributed by atoms with Crippen LogP contribution in [0.2, 0.25) is 0 Å². The van der Waals surface area contributed by atoms with Gasteiger partial charge in [0.1, 0.15) is 5.78 Å². The quantitative estimate of drug-likeness (QED) is 0.475. The predicted molar refractivity (Wildman–Crippen MR) is 38.2 cm³/mol. The summed E-state index contributed by atoms with van der Waals surface area (Å²) in [5.74, 6) is 0.157. The SMILES string of the molecule is C=CCC(Br)C(C)=O. The van der Waals surface area contributed by atoms with Crippen molar-refractivity contribution >= 4 is 21.7 Å². The molecule has 0 aromatic rings. The number of alkyl halides is 1. The van der Waals surface area contributed by atoms with Crippen LogP contribution < -0.4 is 0 Å². The first kappa shape index (κ1) is 7.89. The molecule has 0 rings (SSSR count). The van der Waals surface area contributed by atoms with Crippen molar-refractivity contribution in [3.05, 3.63) is 12.7 Å². The molecular weight excluding hydrogens is 168 g/mol. The molecule has 0 aliphatic carbocycles. The highest BCUT2D eigenvalue weighted by Gasteiger charge is 2.04. The van der Waals surface area contributed by atoms with Gasteiger partial charge < -0.3 is 0 Å². The van der Waals surface area contributed by atoms with E-state index in [1.54, 1.807) is 13.0 Å². The van der Waals surface area contributed by atoms with E-state index in [9.17, 15) is 4.79 Å². The highest BCUT2D eigenvalue weighted by Crippen LogP contribution is 2.05. The van der Waals surface area contributed by atoms with Crippen molar-refractivity contribution < 1.29 is 4.79 Å². The average molecular weight is 177 g/mol. The van der Waals surface area contributed by atoms with Gasteiger partial charge in [-0.05, 0) is 13.3 Å². The van der Waals surface area contributed by atoms with Crippen molar-refractivity contribution in [2.24, 2.45) is 0 Å². The smallest absolute Gasteiger partial charge is 0.143 e. The van der Waals surface area contributed by atoms with Crippen molar-refractivity contribution in [2.75, 3.05) is 0 Å². The summed E-state index contributed by atoms with van der Waals surface area (Å²) in [4.78, 5) is 10.4. The Morgan fingerprint density at radius 1 is 2.00 bits per heavy atom. The molecule has 46 valence electrons.